The Bertz CT molecular complexity index is 554. The van der Waals surface area contributed by atoms with Crippen molar-refractivity contribution in [3.05, 3.63) is 0 Å². The second kappa shape index (κ2) is 5.96. The number of hydrogen-bond acceptors (Lipinski definition) is 2. The summed E-state index contributed by atoms with van der Waals surface area (Å²) in [5, 5.41) is 21.3. The zero-order valence-corrected chi connectivity index (χ0v) is 17.2. The van der Waals surface area contributed by atoms with Crippen molar-refractivity contribution in [2.75, 3.05) is 0 Å². The molecule has 5 fully saturated rings. The van der Waals surface area contributed by atoms with Gasteiger partial charge in [0.25, 0.3) is 0 Å². The summed E-state index contributed by atoms with van der Waals surface area (Å²) in [7, 11) is 0. The third-order valence-corrected chi connectivity index (χ3v) is 10.4. The van der Waals surface area contributed by atoms with E-state index in [2.05, 4.69) is 20.8 Å². The van der Waals surface area contributed by atoms with E-state index in [0.717, 1.165) is 54.3 Å². The predicted octanol–water partition coefficient (Wildman–Crippen LogP) is 5.02. The lowest BCUT2D eigenvalue weighted by Crippen LogP contribution is -2.52. The molecule has 0 spiro atoms. The van der Waals surface area contributed by atoms with Gasteiger partial charge in [-0.25, -0.2) is 0 Å². The Balaban J connectivity index is 1.45. The maximum absolute atomic E-state index is 10.7. The minimum absolute atomic E-state index is 0.131. The van der Waals surface area contributed by atoms with E-state index in [9.17, 15) is 10.2 Å². The molecule has 2 nitrogen and oxygen atoms in total. The maximum Gasteiger partial charge on any atom is 0.0622 e. The molecular weight excluding hydrogens is 320 g/mol. The van der Waals surface area contributed by atoms with E-state index in [0.29, 0.717) is 11.3 Å². The van der Waals surface area contributed by atoms with Gasteiger partial charge in [0.05, 0.1) is 11.7 Å². The summed E-state index contributed by atoms with van der Waals surface area (Å²) in [6, 6.07) is 0. The molecule has 5 rings (SSSR count). The van der Waals surface area contributed by atoms with Crippen LogP contribution in [0, 0.1) is 52.8 Å². The van der Waals surface area contributed by atoms with E-state index in [4.69, 9.17) is 0 Å². The molecule has 0 aromatic heterocycles. The number of aliphatic hydroxyl groups excluding tert-OH is 1. The van der Waals surface area contributed by atoms with E-state index in [-0.39, 0.29) is 6.10 Å². The van der Waals surface area contributed by atoms with Gasteiger partial charge in [-0.2, -0.15) is 0 Å². The average molecular weight is 361 g/mol. The normalized spacial score (nSPS) is 59.9. The van der Waals surface area contributed by atoms with Gasteiger partial charge in [-0.3, -0.25) is 0 Å². The molecule has 26 heavy (non-hydrogen) atoms. The summed E-state index contributed by atoms with van der Waals surface area (Å²) >= 11 is 0. The van der Waals surface area contributed by atoms with Crippen molar-refractivity contribution < 1.29 is 10.2 Å². The number of hydrogen-bond donors (Lipinski definition) is 2. The molecule has 11 atom stereocenters. The first-order valence-corrected chi connectivity index (χ1v) is 11.7. The monoisotopic (exact) mass is 360 g/mol. The Labute approximate surface area is 160 Å². The molecule has 5 saturated carbocycles. The Morgan fingerprint density at radius 2 is 1.50 bits per heavy atom. The lowest BCUT2D eigenvalue weighted by Gasteiger charge is -2.58. The summed E-state index contributed by atoms with van der Waals surface area (Å²) in [6.07, 6.45) is 12.9. The molecule has 0 aromatic carbocycles. The van der Waals surface area contributed by atoms with Crippen LogP contribution in [0.1, 0.15) is 85.0 Å². The standard InChI is InChI=1S/C24H40O2/c1-14(25)21-18-5-4-6-19(18)22-20-8-7-15-13-23(2,26)11-9-16(15)17(20)10-12-24(21,22)3/h14-22,25-26H,4-13H2,1-3H3. The molecule has 0 heterocycles. The van der Waals surface area contributed by atoms with Crippen molar-refractivity contribution in [1.29, 1.82) is 0 Å². The van der Waals surface area contributed by atoms with Gasteiger partial charge in [0.15, 0.2) is 0 Å². The van der Waals surface area contributed by atoms with Gasteiger partial charge in [-0.05, 0) is 124 Å². The van der Waals surface area contributed by atoms with Gasteiger partial charge in [0, 0.05) is 0 Å². The second-order valence-electron chi connectivity index (χ2n) is 11.7. The molecule has 5 aliphatic carbocycles. The Hall–Kier alpha value is -0.0800. The van der Waals surface area contributed by atoms with Crippen LogP contribution in [-0.2, 0) is 0 Å². The lowest BCUT2D eigenvalue weighted by atomic mass is 9.48. The molecule has 0 radical (unpaired) electrons. The highest BCUT2D eigenvalue weighted by atomic mass is 16.3. The van der Waals surface area contributed by atoms with Crippen LogP contribution in [0.4, 0.5) is 0 Å². The molecule has 148 valence electrons. The highest BCUT2D eigenvalue weighted by molar-refractivity contribution is 5.13. The highest BCUT2D eigenvalue weighted by Gasteiger charge is 2.65. The number of aliphatic hydroxyl groups is 2. The van der Waals surface area contributed by atoms with Gasteiger partial charge >= 0.3 is 0 Å². The van der Waals surface area contributed by atoms with Crippen molar-refractivity contribution >= 4 is 0 Å². The van der Waals surface area contributed by atoms with Gasteiger partial charge in [0.2, 0.25) is 0 Å². The second-order valence-corrected chi connectivity index (χ2v) is 11.7. The summed E-state index contributed by atoms with van der Waals surface area (Å²) in [6.45, 7) is 6.72. The van der Waals surface area contributed by atoms with Gasteiger partial charge in [-0.1, -0.05) is 13.3 Å². The van der Waals surface area contributed by atoms with Crippen LogP contribution < -0.4 is 0 Å². The van der Waals surface area contributed by atoms with E-state index in [1.54, 1.807) is 0 Å². The minimum Gasteiger partial charge on any atom is -0.393 e. The van der Waals surface area contributed by atoms with E-state index in [1.807, 2.05) is 0 Å². The fraction of sp³-hybridized carbons (Fsp3) is 1.00. The zero-order chi connectivity index (χ0) is 18.3. The molecule has 0 aromatic rings. The Morgan fingerprint density at radius 1 is 0.808 bits per heavy atom. The molecule has 2 N–H and O–H groups in total. The first-order valence-electron chi connectivity index (χ1n) is 11.7. The van der Waals surface area contributed by atoms with Gasteiger partial charge in [0.1, 0.15) is 0 Å². The Morgan fingerprint density at radius 3 is 2.27 bits per heavy atom. The topological polar surface area (TPSA) is 40.5 Å². The third kappa shape index (κ3) is 2.43. The molecule has 5 aliphatic rings. The Kier molecular flexibility index (Phi) is 4.12. The third-order valence-electron chi connectivity index (χ3n) is 10.4. The van der Waals surface area contributed by atoms with E-state index < -0.39 is 5.60 Å². The zero-order valence-electron chi connectivity index (χ0n) is 17.2. The van der Waals surface area contributed by atoms with Crippen LogP contribution in [-0.4, -0.2) is 21.9 Å². The fourth-order valence-electron chi connectivity index (χ4n) is 9.86. The SMILES string of the molecule is CC(O)C1C2CCCC2C2C3CCC4CC(C)(O)CCC4C3CCC12C. The summed E-state index contributed by atoms with van der Waals surface area (Å²) in [4.78, 5) is 0. The molecule has 11 unspecified atom stereocenters. The molecule has 0 aliphatic heterocycles. The van der Waals surface area contributed by atoms with Gasteiger partial charge < -0.3 is 10.2 Å². The molecular formula is C24H40O2. The largest absolute Gasteiger partial charge is 0.393 e. The molecule has 0 bridgehead atoms. The lowest BCUT2D eigenvalue weighted by molar-refractivity contribution is -0.113. The van der Waals surface area contributed by atoms with Crippen molar-refractivity contribution in [2.24, 2.45) is 52.8 Å². The number of fused-ring (bicyclic) bond motifs is 7. The quantitative estimate of drug-likeness (QED) is 0.689. The average Bonchev–Trinajstić information content (AvgIpc) is 3.10. The first kappa shape index (κ1) is 18.0. The molecule has 0 saturated heterocycles. The van der Waals surface area contributed by atoms with E-state index >= 15 is 0 Å². The van der Waals surface area contributed by atoms with E-state index in [1.165, 1.54) is 51.4 Å². The van der Waals surface area contributed by atoms with Crippen LogP contribution in [0.15, 0.2) is 0 Å². The van der Waals surface area contributed by atoms with Crippen molar-refractivity contribution in [3.8, 4) is 0 Å². The van der Waals surface area contributed by atoms with Crippen LogP contribution >= 0.6 is 0 Å². The van der Waals surface area contributed by atoms with Crippen LogP contribution in [0.25, 0.3) is 0 Å². The van der Waals surface area contributed by atoms with Crippen LogP contribution in [0.5, 0.6) is 0 Å². The van der Waals surface area contributed by atoms with Crippen molar-refractivity contribution in [3.63, 3.8) is 0 Å². The van der Waals surface area contributed by atoms with Gasteiger partial charge in [-0.15, -0.1) is 0 Å². The maximum atomic E-state index is 10.7. The van der Waals surface area contributed by atoms with Crippen molar-refractivity contribution in [1.82, 2.24) is 0 Å². The molecule has 0 amide bonds. The molecule has 2 heteroatoms. The summed E-state index contributed by atoms with van der Waals surface area (Å²) in [5.41, 5.74) is -0.0173. The highest BCUT2D eigenvalue weighted by Crippen LogP contribution is 2.70. The summed E-state index contributed by atoms with van der Waals surface area (Å²) < 4.78 is 0. The minimum atomic E-state index is -0.404. The van der Waals surface area contributed by atoms with Crippen LogP contribution in [0.2, 0.25) is 0 Å². The first-order chi connectivity index (χ1) is 12.3. The number of rotatable bonds is 1. The van der Waals surface area contributed by atoms with Crippen LogP contribution in [0.3, 0.4) is 0 Å². The fourth-order valence-corrected chi connectivity index (χ4v) is 9.86. The van der Waals surface area contributed by atoms with Crippen molar-refractivity contribution in [2.45, 2.75) is 96.7 Å². The summed E-state index contributed by atoms with van der Waals surface area (Å²) in [5.74, 6) is 6.60. The predicted molar refractivity (Wildman–Crippen MR) is 105 cm³/mol. The smallest absolute Gasteiger partial charge is 0.0622 e.